The molecule has 0 bridgehead atoms. The molecular formula is C13H19N5O. The lowest BCUT2D eigenvalue weighted by Gasteiger charge is -2.18. The Morgan fingerprint density at radius 3 is 2.89 bits per heavy atom. The van der Waals surface area contributed by atoms with Gasteiger partial charge in [0.2, 0.25) is 0 Å². The van der Waals surface area contributed by atoms with Crippen LogP contribution in [0.5, 0.6) is 0 Å². The second kappa shape index (κ2) is 6.29. The van der Waals surface area contributed by atoms with E-state index >= 15 is 0 Å². The summed E-state index contributed by atoms with van der Waals surface area (Å²) in [5, 5.41) is 0. The zero-order chi connectivity index (χ0) is 13.7. The van der Waals surface area contributed by atoms with Gasteiger partial charge in [-0.2, -0.15) is 0 Å². The fourth-order valence-corrected chi connectivity index (χ4v) is 1.73. The summed E-state index contributed by atoms with van der Waals surface area (Å²) in [6, 6.07) is 0. The average molecular weight is 261 g/mol. The third-order valence-corrected chi connectivity index (χ3v) is 2.85. The van der Waals surface area contributed by atoms with Gasteiger partial charge in [-0.15, -0.1) is 0 Å². The highest BCUT2D eigenvalue weighted by molar-refractivity contribution is 5.38. The van der Waals surface area contributed by atoms with Crippen molar-refractivity contribution in [1.82, 2.24) is 19.5 Å². The number of nitrogens with zero attached hydrogens (tertiary/aromatic N) is 5. The van der Waals surface area contributed by atoms with Crippen molar-refractivity contribution in [3.63, 3.8) is 0 Å². The number of likely N-dealkylation sites (N-methyl/N-ethyl adjacent to an activating group) is 1. The van der Waals surface area contributed by atoms with Crippen LogP contribution in [0.3, 0.4) is 0 Å². The number of ether oxygens (including phenoxy) is 1. The second-order valence-corrected chi connectivity index (χ2v) is 4.20. The van der Waals surface area contributed by atoms with Crippen molar-refractivity contribution in [2.45, 2.75) is 13.8 Å². The molecule has 2 aromatic rings. The van der Waals surface area contributed by atoms with E-state index in [0.717, 1.165) is 30.6 Å². The summed E-state index contributed by atoms with van der Waals surface area (Å²) in [6.45, 7) is 6.13. The van der Waals surface area contributed by atoms with Gasteiger partial charge in [-0.3, -0.25) is 9.55 Å². The molecule has 0 spiro atoms. The third kappa shape index (κ3) is 3.29. The summed E-state index contributed by atoms with van der Waals surface area (Å²) in [4.78, 5) is 15.0. The first-order valence-corrected chi connectivity index (χ1v) is 6.33. The Balaban J connectivity index is 2.13. The van der Waals surface area contributed by atoms with Gasteiger partial charge < -0.3 is 9.64 Å². The summed E-state index contributed by atoms with van der Waals surface area (Å²) in [6.07, 6.45) is 7.11. The number of aromatic nitrogens is 4. The summed E-state index contributed by atoms with van der Waals surface area (Å²) < 4.78 is 7.25. The monoisotopic (exact) mass is 261 g/mol. The zero-order valence-electron chi connectivity index (χ0n) is 11.6. The molecule has 2 aromatic heterocycles. The van der Waals surface area contributed by atoms with Crippen LogP contribution in [0.1, 0.15) is 12.7 Å². The van der Waals surface area contributed by atoms with Crippen LogP contribution in [-0.2, 0) is 4.74 Å². The van der Waals surface area contributed by atoms with Gasteiger partial charge >= 0.3 is 0 Å². The van der Waals surface area contributed by atoms with Gasteiger partial charge in [-0.25, -0.2) is 9.97 Å². The fourth-order valence-electron chi connectivity index (χ4n) is 1.73. The average Bonchev–Trinajstić information content (AvgIpc) is 2.85. The first-order valence-electron chi connectivity index (χ1n) is 6.33. The van der Waals surface area contributed by atoms with Gasteiger partial charge in [-0.05, 0) is 13.8 Å². The second-order valence-electron chi connectivity index (χ2n) is 4.20. The number of hydrogen-bond donors (Lipinski definition) is 0. The topological polar surface area (TPSA) is 56.1 Å². The molecule has 0 saturated heterocycles. The van der Waals surface area contributed by atoms with E-state index in [1.165, 1.54) is 0 Å². The number of rotatable bonds is 6. The number of hydrogen-bond acceptors (Lipinski definition) is 5. The molecule has 0 atom stereocenters. The Morgan fingerprint density at radius 2 is 2.21 bits per heavy atom. The van der Waals surface area contributed by atoms with E-state index in [-0.39, 0.29) is 0 Å². The van der Waals surface area contributed by atoms with Crippen molar-refractivity contribution >= 4 is 5.82 Å². The van der Waals surface area contributed by atoms with Gasteiger partial charge in [0.05, 0.1) is 19.0 Å². The first-order chi connectivity index (χ1) is 9.22. The lowest BCUT2D eigenvalue weighted by atomic mass is 10.5. The minimum Gasteiger partial charge on any atom is -0.380 e. The molecule has 102 valence electrons. The van der Waals surface area contributed by atoms with E-state index in [2.05, 4.69) is 15.0 Å². The van der Waals surface area contributed by atoms with E-state index < -0.39 is 0 Å². The molecule has 0 saturated carbocycles. The van der Waals surface area contributed by atoms with Gasteiger partial charge in [0.15, 0.2) is 5.82 Å². The maximum Gasteiger partial charge on any atom is 0.159 e. The molecule has 0 radical (unpaired) electrons. The van der Waals surface area contributed by atoms with Gasteiger partial charge in [0.1, 0.15) is 11.6 Å². The Bertz CT molecular complexity index is 525. The SMILES string of the molecule is CCOCCN(C)c1cncc(-n2ccnc2C)n1. The van der Waals surface area contributed by atoms with Crippen LogP contribution < -0.4 is 4.90 Å². The molecule has 19 heavy (non-hydrogen) atoms. The zero-order valence-corrected chi connectivity index (χ0v) is 11.6. The van der Waals surface area contributed by atoms with E-state index in [9.17, 15) is 0 Å². The Labute approximate surface area is 113 Å². The van der Waals surface area contributed by atoms with Crippen LogP contribution in [0.25, 0.3) is 5.82 Å². The minimum atomic E-state index is 0.684. The molecule has 6 heteroatoms. The predicted molar refractivity (Wildman–Crippen MR) is 73.7 cm³/mol. The lowest BCUT2D eigenvalue weighted by molar-refractivity contribution is 0.154. The van der Waals surface area contributed by atoms with Crippen LogP contribution in [0.15, 0.2) is 24.8 Å². The molecule has 2 heterocycles. The van der Waals surface area contributed by atoms with Crippen LogP contribution in [0.4, 0.5) is 5.82 Å². The molecule has 2 rings (SSSR count). The smallest absolute Gasteiger partial charge is 0.159 e. The quantitative estimate of drug-likeness (QED) is 0.737. The summed E-state index contributed by atoms with van der Waals surface area (Å²) >= 11 is 0. The first kappa shape index (κ1) is 13.5. The predicted octanol–water partition coefficient (Wildman–Crippen LogP) is 1.44. The highest BCUT2D eigenvalue weighted by Crippen LogP contribution is 2.11. The lowest BCUT2D eigenvalue weighted by Crippen LogP contribution is -2.24. The highest BCUT2D eigenvalue weighted by Gasteiger charge is 2.07. The van der Waals surface area contributed by atoms with Gasteiger partial charge in [0.25, 0.3) is 0 Å². The van der Waals surface area contributed by atoms with E-state index in [1.807, 2.05) is 36.6 Å². The van der Waals surface area contributed by atoms with Crippen LogP contribution >= 0.6 is 0 Å². The maximum atomic E-state index is 5.34. The third-order valence-electron chi connectivity index (χ3n) is 2.85. The molecule has 0 aliphatic heterocycles. The standard InChI is InChI=1S/C13H19N5O/c1-4-19-8-7-17(3)12-9-14-10-13(16-12)18-6-5-15-11(18)2/h5-6,9-10H,4,7-8H2,1-3H3. The van der Waals surface area contributed by atoms with E-state index in [4.69, 9.17) is 4.74 Å². The van der Waals surface area contributed by atoms with Crippen LogP contribution in [0, 0.1) is 6.92 Å². The Hall–Kier alpha value is -1.95. The van der Waals surface area contributed by atoms with Crippen molar-refractivity contribution < 1.29 is 4.74 Å². The van der Waals surface area contributed by atoms with Gasteiger partial charge in [-0.1, -0.05) is 0 Å². The molecule has 0 aromatic carbocycles. The maximum absolute atomic E-state index is 5.34. The number of aryl methyl sites for hydroxylation is 1. The molecule has 0 aliphatic carbocycles. The molecule has 0 unspecified atom stereocenters. The van der Waals surface area contributed by atoms with Gasteiger partial charge in [0, 0.05) is 32.6 Å². The van der Waals surface area contributed by atoms with Crippen molar-refractivity contribution in [3.05, 3.63) is 30.6 Å². The molecule has 0 aliphatic rings. The summed E-state index contributed by atoms with van der Waals surface area (Å²) in [5.74, 6) is 2.49. The summed E-state index contributed by atoms with van der Waals surface area (Å²) in [5.41, 5.74) is 0. The molecule has 0 fully saturated rings. The van der Waals surface area contributed by atoms with Crippen LogP contribution in [-0.4, -0.2) is 46.3 Å². The van der Waals surface area contributed by atoms with Crippen molar-refractivity contribution in [2.24, 2.45) is 0 Å². The van der Waals surface area contributed by atoms with E-state index in [0.29, 0.717) is 6.61 Å². The van der Waals surface area contributed by atoms with Crippen LogP contribution in [0.2, 0.25) is 0 Å². The Kier molecular flexibility index (Phi) is 4.46. The highest BCUT2D eigenvalue weighted by atomic mass is 16.5. The summed E-state index contributed by atoms with van der Waals surface area (Å²) in [7, 11) is 1.98. The van der Waals surface area contributed by atoms with Crippen molar-refractivity contribution in [2.75, 3.05) is 31.7 Å². The largest absolute Gasteiger partial charge is 0.380 e. The van der Waals surface area contributed by atoms with E-state index in [1.54, 1.807) is 18.6 Å². The number of anilines is 1. The number of imidazole rings is 1. The molecule has 6 nitrogen and oxygen atoms in total. The van der Waals surface area contributed by atoms with Crippen molar-refractivity contribution in [1.29, 1.82) is 0 Å². The molecule has 0 N–H and O–H groups in total. The fraction of sp³-hybridized carbons (Fsp3) is 0.462. The molecular weight excluding hydrogens is 242 g/mol. The normalized spacial score (nSPS) is 10.7. The molecule has 0 amide bonds. The minimum absolute atomic E-state index is 0.684. The van der Waals surface area contributed by atoms with Crippen molar-refractivity contribution in [3.8, 4) is 5.82 Å². The Morgan fingerprint density at radius 1 is 1.37 bits per heavy atom.